The van der Waals surface area contributed by atoms with Gasteiger partial charge in [-0.15, -0.1) is 0 Å². The molecule has 15 heteroatoms. The Morgan fingerprint density at radius 3 is 2.50 bits per heavy atom. The fourth-order valence-electron chi connectivity index (χ4n) is 3.48. The fourth-order valence-corrected chi connectivity index (χ4v) is 3.48. The van der Waals surface area contributed by atoms with Gasteiger partial charge in [0.2, 0.25) is 5.82 Å². The predicted octanol–water partition coefficient (Wildman–Crippen LogP) is 3.30. The van der Waals surface area contributed by atoms with Crippen molar-refractivity contribution in [1.29, 1.82) is 0 Å². The summed E-state index contributed by atoms with van der Waals surface area (Å²) >= 11 is 0. The molecule has 0 saturated carbocycles. The molecule has 0 bridgehead atoms. The number of guanidine groups is 1. The summed E-state index contributed by atoms with van der Waals surface area (Å²) in [6.45, 7) is 2.79. The van der Waals surface area contributed by atoms with Crippen LogP contribution in [0.4, 0.5) is 26.3 Å². The van der Waals surface area contributed by atoms with E-state index in [1.54, 1.807) is 10.7 Å². The number of unbranched alkanes of at least 4 members (excludes halogenated alkanes) is 2. The number of aliphatic carboxylic acids is 1. The molecule has 38 heavy (non-hydrogen) atoms. The van der Waals surface area contributed by atoms with Crippen LogP contribution in [0.15, 0.2) is 34.9 Å². The Balaban J connectivity index is 0.000000638. The number of hydrogen-bond donors (Lipinski definition) is 2. The summed E-state index contributed by atoms with van der Waals surface area (Å²) in [5.74, 6) is -2.77. The van der Waals surface area contributed by atoms with Crippen LogP contribution in [0, 0.1) is 0 Å². The lowest BCUT2D eigenvalue weighted by atomic mass is 10.1. The third-order valence-corrected chi connectivity index (χ3v) is 5.31. The van der Waals surface area contributed by atoms with Crippen LogP contribution in [-0.4, -0.2) is 46.0 Å². The summed E-state index contributed by atoms with van der Waals surface area (Å²) < 4.78 is 84.8. The molecule has 0 spiro atoms. The average molecular weight is 551 g/mol. The number of hydrogen-bond acceptors (Lipinski definition) is 6. The van der Waals surface area contributed by atoms with Crippen LogP contribution < -0.4 is 21.3 Å². The zero-order chi connectivity index (χ0) is 28.5. The summed E-state index contributed by atoms with van der Waals surface area (Å²) in [5, 5.41) is 12.6. The highest BCUT2D eigenvalue weighted by atomic mass is 19.4. The number of benzene rings is 1. The van der Waals surface area contributed by atoms with E-state index >= 15 is 0 Å². The van der Waals surface area contributed by atoms with Crippen LogP contribution in [0.5, 0.6) is 5.75 Å². The summed E-state index contributed by atoms with van der Waals surface area (Å²) in [6.07, 6.45) is -1.64. The first-order valence-corrected chi connectivity index (χ1v) is 11.5. The second kappa shape index (κ2) is 13.1. The third kappa shape index (κ3) is 8.66. The van der Waals surface area contributed by atoms with Crippen LogP contribution in [0.25, 0.3) is 11.4 Å². The van der Waals surface area contributed by atoms with Crippen LogP contribution in [0.1, 0.15) is 56.5 Å². The SMILES string of the molecule is CCCC/C=C/COc1ccc(-c2noc([C@@H]3CCC[N+]3=C(N)N)n2)cc1C(F)(F)F.O=C([O-])C(F)(F)F. The lowest BCUT2D eigenvalue weighted by Gasteiger charge is -2.14. The van der Waals surface area contributed by atoms with Gasteiger partial charge in [0.1, 0.15) is 18.3 Å². The molecule has 0 aliphatic carbocycles. The Kier molecular flexibility index (Phi) is 10.5. The van der Waals surface area contributed by atoms with E-state index < -0.39 is 23.9 Å². The number of carboxylic acid groups (broad SMARTS) is 1. The zero-order valence-electron chi connectivity index (χ0n) is 20.3. The van der Waals surface area contributed by atoms with Crippen molar-refractivity contribution >= 4 is 11.9 Å². The van der Waals surface area contributed by atoms with Crippen molar-refractivity contribution in [1.82, 2.24) is 10.1 Å². The summed E-state index contributed by atoms with van der Waals surface area (Å²) in [7, 11) is 0. The molecule has 0 amide bonds. The minimum absolute atomic E-state index is 0.0625. The Hall–Kier alpha value is -3.78. The first kappa shape index (κ1) is 30.4. The summed E-state index contributed by atoms with van der Waals surface area (Å²) in [4.78, 5) is 13.1. The van der Waals surface area contributed by atoms with E-state index in [2.05, 4.69) is 17.1 Å². The summed E-state index contributed by atoms with van der Waals surface area (Å²) in [5.41, 5.74) is 10.7. The van der Waals surface area contributed by atoms with Gasteiger partial charge in [-0.05, 0) is 37.5 Å². The van der Waals surface area contributed by atoms with Crippen molar-refractivity contribution in [3.63, 3.8) is 0 Å². The number of carbonyl (C=O) groups excluding carboxylic acids is 1. The Morgan fingerprint density at radius 1 is 1.24 bits per heavy atom. The molecule has 4 N–H and O–H groups in total. The van der Waals surface area contributed by atoms with Gasteiger partial charge in [-0.25, -0.2) is 0 Å². The standard InChI is InChI=1S/C21H26F3N5O2.C2HF3O2/c1-2-3-4-5-6-12-30-17-10-9-14(13-15(17)21(22,23)24)18-27-19(31-28-18)16-8-7-11-29(16)20(25)26;3-2(4,5)1(6)7/h5-6,9-10,13,16H,2-4,7-8,11-12H2,1H3,(H3,25,26);(H,6,7)/b6-5+;/t16-;/m0./s1. The van der Waals surface area contributed by atoms with E-state index in [1.165, 1.54) is 12.1 Å². The second-order valence-corrected chi connectivity index (χ2v) is 8.15. The van der Waals surface area contributed by atoms with Crippen molar-refractivity contribution in [2.45, 2.75) is 57.4 Å². The molecule has 9 nitrogen and oxygen atoms in total. The lowest BCUT2D eigenvalue weighted by molar-refractivity contribution is -0.555. The number of allylic oxidation sites excluding steroid dienone is 1. The minimum atomic E-state index is -5.19. The van der Waals surface area contributed by atoms with E-state index in [0.29, 0.717) is 13.0 Å². The maximum atomic E-state index is 13.6. The Morgan fingerprint density at radius 2 is 1.92 bits per heavy atom. The van der Waals surface area contributed by atoms with Crippen molar-refractivity contribution in [3.8, 4) is 17.1 Å². The minimum Gasteiger partial charge on any atom is -0.542 e. The second-order valence-electron chi connectivity index (χ2n) is 8.15. The lowest BCUT2D eigenvalue weighted by Crippen LogP contribution is -2.37. The van der Waals surface area contributed by atoms with Gasteiger partial charge < -0.3 is 19.2 Å². The van der Waals surface area contributed by atoms with Crippen molar-refractivity contribution in [2.24, 2.45) is 11.5 Å². The van der Waals surface area contributed by atoms with E-state index in [1.807, 2.05) is 6.08 Å². The van der Waals surface area contributed by atoms with Crippen molar-refractivity contribution in [2.75, 3.05) is 13.2 Å². The smallest absolute Gasteiger partial charge is 0.430 e. The number of halogens is 6. The van der Waals surface area contributed by atoms with Gasteiger partial charge in [0.05, 0.1) is 12.1 Å². The highest BCUT2D eigenvalue weighted by Gasteiger charge is 2.36. The molecule has 0 radical (unpaired) electrons. The molecule has 1 saturated heterocycles. The molecular weight excluding hydrogens is 524 g/mol. The van der Waals surface area contributed by atoms with Crippen LogP contribution in [0.3, 0.4) is 0 Å². The number of carboxylic acids is 1. The van der Waals surface area contributed by atoms with Gasteiger partial charge in [0.25, 0.3) is 5.89 Å². The van der Waals surface area contributed by atoms with Gasteiger partial charge in [0.15, 0.2) is 6.04 Å². The molecule has 1 fully saturated rings. The molecule has 210 valence electrons. The van der Waals surface area contributed by atoms with Crippen molar-refractivity contribution in [3.05, 3.63) is 41.8 Å². The highest BCUT2D eigenvalue weighted by Crippen LogP contribution is 2.39. The first-order chi connectivity index (χ1) is 17.8. The topological polar surface area (TPSA) is 143 Å². The van der Waals surface area contributed by atoms with Gasteiger partial charge in [0, 0.05) is 5.56 Å². The van der Waals surface area contributed by atoms with Crippen molar-refractivity contribution < 1.29 is 50.1 Å². The molecule has 2 heterocycles. The molecule has 0 unspecified atom stereocenters. The van der Waals surface area contributed by atoms with E-state index in [4.69, 9.17) is 30.6 Å². The molecule has 3 rings (SSSR count). The monoisotopic (exact) mass is 551 g/mol. The van der Waals surface area contributed by atoms with Crippen LogP contribution in [0.2, 0.25) is 0 Å². The summed E-state index contributed by atoms with van der Waals surface area (Å²) in [6, 6.07) is 3.45. The quantitative estimate of drug-likeness (QED) is 0.167. The maximum Gasteiger partial charge on any atom is 0.430 e. The van der Waals surface area contributed by atoms with Gasteiger partial charge >= 0.3 is 18.3 Å². The molecule has 2 aromatic rings. The van der Waals surface area contributed by atoms with E-state index in [0.717, 1.165) is 31.7 Å². The molecule has 1 aliphatic rings. The number of rotatable bonds is 8. The number of alkyl halides is 6. The predicted molar refractivity (Wildman–Crippen MR) is 120 cm³/mol. The van der Waals surface area contributed by atoms with Crippen LogP contribution in [-0.2, 0) is 11.0 Å². The zero-order valence-corrected chi connectivity index (χ0v) is 20.3. The average Bonchev–Trinajstić information content (AvgIpc) is 3.50. The Bertz CT molecular complexity index is 1140. The normalized spacial score (nSPS) is 15.9. The number of nitrogens with zero attached hydrogens (tertiary/aromatic N) is 3. The maximum absolute atomic E-state index is 13.6. The van der Waals surface area contributed by atoms with Crippen LogP contribution >= 0.6 is 0 Å². The molecule has 1 atom stereocenters. The largest absolute Gasteiger partial charge is 0.542 e. The van der Waals surface area contributed by atoms with E-state index in [-0.39, 0.29) is 41.6 Å². The first-order valence-electron chi connectivity index (χ1n) is 11.5. The van der Waals surface area contributed by atoms with Gasteiger partial charge in [-0.1, -0.05) is 37.1 Å². The number of nitrogens with two attached hydrogens (primary N) is 2. The number of aromatic nitrogens is 2. The Labute approximate surface area is 213 Å². The molecule has 1 aliphatic heterocycles. The number of carbonyl (C=O) groups is 1. The van der Waals surface area contributed by atoms with E-state index in [9.17, 15) is 26.3 Å². The highest BCUT2D eigenvalue weighted by molar-refractivity contribution is 5.71. The number of ether oxygens (including phenoxy) is 1. The van der Waals surface area contributed by atoms with Gasteiger partial charge in [-0.2, -0.15) is 31.3 Å². The molecular formula is C23H27F6N5O4. The fraction of sp³-hybridized carbons (Fsp3) is 0.478. The third-order valence-electron chi connectivity index (χ3n) is 5.31. The van der Waals surface area contributed by atoms with Gasteiger partial charge in [-0.3, -0.25) is 16.0 Å². The molecule has 1 aromatic heterocycles. The molecule has 1 aromatic carbocycles.